The first kappa shape index (κ1) is 18.5. The van der Waals surface area contributed by atoms with Gasteiger partial charge in [-0.05, 0) is 43.9 Å². The van der Waals surface area contributed by atoms with E-state index in [-0.39, 0.29) is 11.9 Å². The predicted molar refractivity (Wildman–Crippen MR) is 105 cm³/mol. The second-order valence-corrected chi connectivity index (χ2v) is 7.93. The van der Waals surface area contributed by atoms with E-state index >= 15 is 0 Å². The van der Waals surface area contributed by atoms with E-state index in [1.165, 1.54) is 10.9 Å². The van der Waals surface area contributed by atoms with Crippen LogP contribution in [0.5, 0.6) is 0 Å². The van der Waals surface area contributed by atoms with Gasteiger partial charge >= 0.3 is 0 Å². The van der Waals surface area contributed by atoms with Crippen molar-refractivity contribution in [3.05, 3.63) is 34.5 Å². The van der Waals surface area contributed by atoms with Crippen LogP contribution in [0.2, 0.25) is 0 Å². The molecule has 2 fully saturated rings. The molecule has 2 atom stereocenters. The number of fused-ring (bicyclic) bond motifs is 1. The van der Waals surface area contributed by atoms with Crippen molar-refractivity contribution in [1.82, 2.24) is 14.8 Å². The number of aliphatic hydroxyl groups excluding tert-OH is 1. The van der Waals surface area contributed by atoms with Crippen molar-refractivity contribution < 1.29 is 14.6 Å². The minimum Gasteiger partial charge on any atom is -0.389 e. The molecular weight excluding hydrogens is 342 g/mol. The zero-order chi connectivity index (χ0) is 19.1. The third-order valence-electron chi connectivity index (χ3n) is 6.14. The summed E-state index contributed by atoms with van der Waals surface area (Å²) in [4.78, 5) is 20.9. The van der Waals surface area contributed by atoms with Crippen LogP contribution in [0.25, 0.3) is 10.9 Å². The number of ether oxygens (including phenoxy) is 1. The summed E-state index contributed by atoms with van der Waals surface area (Å²) in [6.07, 6.45) is 0.487. The molecule has 2 saturated heterocycles. The minimum atomic E-state index is -0.422. The third kappa shape index (κ3) is 3.26. The molecule has 0 aliphatic carbocycles. The molecule has 0 spiro atoms. The first-order valence-electron chi connectivity index (χ1n) is 9.85. The fourth-order valence-electron chi connectivity index (χ4n) is 4.52. The quantitative estimate of drug-likeness (QED) is 0.847. The summed E-state index contributed by atoms with van der Waals surface area (Å²) in [7, 11) is 0. The maximum absolute atomic E-state index is 13.3. The average molecular weight is 371 g/mol. The standard InChI is InChI=1S/C21H29N3O3/c1-13-5-6-14(2)19-18(13)15(3)20(22-19)21(26)24-8-4-7-23(9-10-24)16-11-27-12-17(16)25/h5-6,16-17,22,25H,4,7-12H2,1-3H3/t16-,17-/m0/s1. The van der Waals surface area contributed by atoms with E-state index in [2.05, 4.69) is 35.9 Å². The maximum Gasteiger partial charge on any atom is 0.270 e. The molecule has 27 heavy (non-hydrogen) atoms. The summed E-state index contributed by atoms with van der Waals surface area (Å²) in [6.45, 7) is 10.3. The molecule has 2 aliphatic rings. The van der Waals surface area contributed by atoms with E-state index in [4.69, 9.17) is 4.74 Å². The number of hydrogen-bond acceptors (Lipinski definition) is 4. The van der Waals surface area contributed by atoms with Gasteiger partial charge in [-0.25, -0.2) is 0 Å². The number of amides is 1. The number of aliphatic hydroxyl groups is 1. The third-order valence-corrected chi connectivity index (χ3v) is 6.14. The number of H-pyrrole nitrogens is 1. The Hall–Kier alpha value is -1.89. The van der Waals surface area contributed by atoms with Gasteiger partial charge in [0, 0.05) is 37.1 Å². The number of aromatic amines is 1. The van der Waals surface area contributed by atoms with Gasteiger partial charge in [0.05, 0.1) is 25.4 Å². The van der Waals surface area contributed by atoms with Crippen LogP contribution in [0.1, 0.15) is 33.6 Å². The van der Waals surface area contributed by atoms with Crippen LogP contribution >= 0.6 is 0 Å². The number of aryl methyl sites for hydroxylation is 3. The summed E-state index contributed by atoms with van der Waals surface area (Å²) in [5, 5.41) is 11.3. The lowest BCUT2D eigenvalue weighted by molar-refractivity contribution is 0.0720. The zero-order valence-electron chi connectivity index (χ0n) is 16.4. The van der Waals surface area contributed by atoms with E-state index in [9.17, 15) is 9.90 Å². The lowest BCUT2D eigenvalue weighted by Gasteiger charge is -2.28. The van der Waals surface area contributed by atoms with Crippen molar-refractivity contribution in [2.45, 2.75) is 39.3 Å². The number of nitrogens with one attached hydrogen (secondary N) is 1. The van der Waals surface area contributed by atoms with Gasteiger partial charge in [0.2, 0.25) is 0 Å². The van der Waals surface area contributed by atoms with Gasteiger partial charge in [0.15, 0.2) is 0 Å². The van der Waals surface area contributed by atoms with Gasteiger partial charge in [-0.2, -0.15) is 0 Å². The monoisotopic (exact) mass is 371 g/mol. The highest BCUT2D eigenvalue weighted by molar-refractivity contribution is 6.02. The van der Waals surface area contributed by atoms with Crippen LogP contribution in [0.4, 0.5) is 0 Å². The molecule has 4 rings (SSSR count). The van der Waals surface area contributed by atoms with Gasteiger partial charge < -0.3 is 19.7 Å². The molecule has 6 nitrogen and oxygen atoms in total. The second kappa shape index (κ2) is 7.26. The van der Waals surface area contributed by atoms with E-state index in [0.717, 1.165) is 42.7 Å². The van der Waals surface area contributed by atoms with E-state index in [1.54, 1.807) is 0 Å². The summed E-state index contributed by atoms with van der Waals surface area (Å²) < 4.78 is 5.40. The van der Waals surface area contributed by atoms with E-state index in [1.807, 2.05) is 11.8 Å². The number of benzene rings is 1. The highest BCUT2D eigenvalue weighted by Gasteiger charge is 2.33. The van der Waals surface area contributed by atoms with Crippen LogP contribution in [-0.2, 0) is 4.74 Å². The highest BCUT2D eigenvalue weighted by Crippen LogP contribution is 2.28. The minimum absolute atomic E-state index is 0.0557. The molecular formula is C21H29N3O3. The number of aromatic nitrogens is 1. The lowest BCUT2D eigenvalue weighted by Crippen LogP contribution is -2.45. The van der Waals surface area contributed by atoms with Crippen LogP contribution in [0.3, 0.4) is 0 Å². The normalized spacial score (nSPS) is 24.5. The zero-order valence-corrected chi connectivity index (χ0v) is 16.4. The Kier molecular flexibility index (Phi) is 4.97. The largest absolute Gasteiger partial charge is 0.389 e. The molecule has 0 radical (unpaired) electrons. The number of hydrogen-bond donors (Lipinski definition) is 2. The smallest absolute Gasteiger partial charge is 0.270 e. The average Bonchev–Trinajstić information content (AvgIpc) is 3.13. The van der Waals surface area contributed by atoms with Gasteiger partial charge in [-0.1, -0.05) is 12.1 Å². The van der Waals surface area contributed by atoms with Crippen molar-refractivity contribution in [1.29, 1.82) is 0 Å². The molecule has 0 bridgehead atoms. The van der Waals surface area contributed by atoms with Crippen LogP contribution in [-0.4, -0.2) is 77.3 Å². The Morgan fingerprint density at radius 3 is 2.59 bits per heavy atom. The molecule has 146 valence electrons. The topological polar surface area (TPSA) is 68.8 Å². The molecule has 6 heteroatoms. The van der Waals surface area contributed by atoms with Crippen LogP contribution in [0.15, 0.2) is 12.1 Å². The van der Waals surface area contributed by atoms with Gasteiger partial charge in [0.1, 0.15) is 5.69 Å². The number of carbonyl (C=O) groups excluding carboxylic acids is 1. The Morgan fingerprint density at radius 1 is 1.11 bits per heavy atom. The first-order chi connectivity index (χ1) is 13.0. The number of rotatable bonds is 2. The highest BCUT2D eigenvalue weighted by atomic mass is 16.5. The fraction of sp³-hybridized carbons (Fsp3) is 0.571. The van der Waals surface area contributed by atoms with Gasteiger partial charge in [-0.15, -0.1) is 0 Å². The number of carbonyl (C=O) groups is 1. The number of nitrogens with zero attached hydrogens (tertiary/aromatic N) is 2. The summed E-state index contributed by atoms with van der Waals surface area (Å²) in [5.41, 5.74) is 5.17. The van der Waals surface area contributed by atoms with E-state index < -0.39 is 6.10 Å². The van der Waals surface area contributed by atoms with Crippen molar-refractivity contribution >= 4 is 16.8 Å². The summed E-state index contributed by atoms with van der Waals surface area (Å²) in [5.74, 6) is 0.0765. The van der Waals surface area contributed by atoms with Gasteiger partial charge in [0.25, 0.3) is 5.91 Å². The maximum atomic E-state index is 13.3. The molecule has 2 N–H and O–H groups in total. The van der Waals surface area contributed by atoms with E-state index in [0.29, 0.717) is 25.5 Å². The molecule has 1 aromatic carbocycles. The molecule has 2 aromatic rings. The summed E-state index contributed by atoms with van der Waals surface area (Å²) >= 11 is 0. The lowest BCUT2D eigenvalue weighted by atomic mass is 10.0. The second-order valence-electron chi connectivity index (χ2n) is 7.93. The molecule has 3 heterocycles. The van der Waals surface area contributed by atoms with Crippen molar-refractivity contribution in [3.63, 3.8) is 0 Å². The molecule has 1 amide bonds. The molecule has 0 saturated carbocycles. The Labute approximate surface area is 160 Å². The predicted octanol–water partition coefficient (Wildman–Crippen LogP) is 2.00. The van der Waals surface area contributed by atoms with Crippen molar-refractivity contribution in [2.24, 2.45) is 0 Å². The molecule has 2 aliphatic heterocycles. The van der Waals surface area contributed by atoms with Crippen molar-refractivity contribution in [3.8, 4) is 0 Å². The molecule has 0 unspecified atom stereocenters. The Morgan fingerprint density at radius 2 is 1.89 bits per heavy atom. The van der Waals surface area contributed by atoms with Crippen molar-refractivity contribution in [2.75, 3.05) is 39.4 Å². The first-order valence-corrected chi connectivity index (χ1v) is 9.85. The van der Waals surface area contributed by atoms with Crippen LogP contribution in [0, 0.1) is 20.8 Å². The SMILES string of the molecule is Cc1ccc(C)c2c(C)c(C(=O)N3CCCN([C@H]4COC[C@@H]4O)CC3)[nH]c12. The Bertz CT molecular complexity index is 860. The summed E-state index contributed by atoms with van der Waals surface area (Å²) in [6, 6.07) is 4.27. The fourth-order valence-corrected chi connectivity index (χ4v) is 4.52. The molecule has 1 aromatic heterocycles. The van der Waals surface area contributed by atoms with Crippen LogP contribution < -0.4 is 0 Å². The van der Waals surface area contributed by atoms with Gasteiger partial charge in [-0.3, -0.25) is 9.69 Å². The Balaban J connectivity index is 1.55.